The molecule has 1 heterocycles. The molecule has 0 atom stereocenters. The summed E-state index contributed by atoms with van der Waals surface area (Å²) >= 11 is 35.5. The van der Waals surface area contributed by atoms with E-state index in [4.69, 9.17) is 69.6 Å². The maximum atomic E-state index is 5.91. The minimum absolute atomic E-state index is 0.128. The van der Waals surface area contributed by atoms with E-state index in [0.717, 1.165) is 11.1 Å². The molecule has 29 heavy (non-hydrogen) atoms. The van der Waals surface area contributed by atoms with Crippen LogP contribution in [-0.2, 0) is 7.59 Å². The third-order valence-electron chi connectivity index (χ3n) is 3.86. The van der Waals surface area contributed by atoms with Gasteiger partial charge in [-0.1, -0.05) is 136 Å². The summed E-state index contributed by atoms with van der Waals surface area (Å²) in [4.78, 5) is 12.4. The standard InChI is InChI=1S/C20H13Cl6N3/c1-12-2-4-13(5-3-12)6-7-14-8-10-15(11-9-14)16-27-17(19(21,22)23)29-18(28-16)20(24,25)26/h2-11H,1H3. The second-order valence-electron chi connectivity index (χ2n) is 6.17. The van der Waals surface area contributed by atoms with Crippen LogP contribution < -0.4 is 0 Å². The summed E-state index contributed by atoms with van der Waals surface area (Å²) < 4.78 is -3.78. The van der Waals surface area contributed by atoms with Crippen molar-refractivity contribution in [2.75, 3.05) is 0 Å². The van der Waals surface area contributed by atoms with E-state index in [1.165, 1.54) is 5.56 Å². The maximum Gasteiger partial charge on any atom is 0.250 e. The van der Waals surface area contributed by atoms with Crippen LogP contribution in [0.25, 0.3) is 23.5 Å². The Hall–Kier alpha value is -1.07. The van der Waals surface area contributed by atoms with Crippen molar-refractivity contribution in [3.05, 3.63) is 76.9 Å². The smallest absolute Gasteiger partial charge is 0.209 e. The minimum atomic E-state index is -1.89. The van der Waals surface area contributed by atoms with Gasteiger partial charge in [-0.2, -0.15) is 0 Å². The topological polar surface area (TPSA) is 38.7 Å². The van der Waals surface area contributed by atoms with Crippen LogP contribution in [0.4, 0.5) is 0 Å². The van der Waals surface area contributed by atoms with E-state index in [1.807, 2.05) is 36.4 Å². The number of rotatable bonds is 3. The first-order chi connectivity index (χ1) is 13.5. The zero-order valence-corrected chi connectivity index (χ0v) is 19.4. The van der Waals surface area contributed by atoms with Gasteiger partial charge in [0.05, 0.1) is 0 Å². The highest BCUT2D eigenvalue weighted by Gasteiger charge is 2.33. The van der Waals surface area contributed by atoms with E-state index in [0.29, 0.717) is 5.56 Å². The summed E-state index contributed by atoms with van der Waals surface area (Å²) in [5, 5.41) is 0. The Morgan fingerprint density at radius 2 is 1.03 bits per heavy atom. The zero-order chi connectivity index (χ0) is 21.2. The van der Waals surface area contributed by atoms with E-state index in [-0.39, 0.29) is 17.5 Å². The highest BCUT2D eigenvalue weighted by molar-refractivity contribution is 6.67. The van der Waals surface area contributed by atoms with Crippen molar-refractivity contribution in [1.82, 2.24) is 15.0 Å². The van der Waals surface area contributed by atoms with E-state index in [2.05, 4.69) is 46.1 Å². The molecule has 2 aromatic carbocycles. The monoisotopic (exact) mass is 505 g/mol. The van der Waals surface area contributed by atoms with Gasteiger partial charge in [0, 0.05) is 5.56 Å². The van der Waals surface area contributed by atoms with Gasteiger partial charge in [0.15, 0.2) is 17.5 Å². The molecule has 0 aliphatic heterocycles. The summed E-state index contributed by atoms with van der Waals surface area (Å²) in [5.74, 6) is -0.0222. The summed E-state index contributed by atoms with van der Waals surface area (Å²) in [6.45, 7) is 2.05. The van der Waals surface area contributed by atoms with Gasteiger partial charge >= 0.3 is 0 Å². The van der Waals surface area contributed by atoms with Crippen LogP contribution in [0, 0.1) is 6.92 Å². The van der Waals surface area contributed by atoms with Gasteiger partial charge in [0.2, 0.25) is 7.59 Å². The van der Waals surface area contributed by atoms with Crippen LogP contribution in [0.2, 0.25) is 0 Å². The predicted octanol–water partition coefficient (Wildman–Crippen LogP) is 7.67. The third kappa shape index (κ3) is 6.21. The number of benzene rings is 2. The summed E-state index contributed by atoms with van der Waals surface area (Å²) in [5.41, 5.74) is 3.97. The third-order valence-corrected chi connectivity index (χ3v) is 4.87. The van der Waals surface area contributed by atoms with Gasteiger partial charge in [-0.05, 0) is 18.1 Å². The SMILES string of the molecule is Cc1ccc(C=Cc2ccc(-c3nc(C(Cl)(Cl)Cl)nc(C(Cl)(Cl)Cl)n3)cc2)cc1. The minimum Gasteiger partial charge on any atom is -0.209 e. The molecule has 0 radical (unpaired) electrons. The molecule has 0 amide bonds. The van der Waals surface area contributed by atoms with Crippen molar-refractivity contribution >= 4 is 81.8 Å². The van der Waals surface area contributed by atoms with E-state index in [9.17, 15) is 0 Å². The lowest BCUT2D eigenvalue weighted by Gasteiger charge is -2.15. The maximum absolute atomic E-state index is 5.91. The van der Waals surface area contributed by atoms with Crippen LogP contribution >= 0.6 is 69.6 Å². The molecule has 0 bridgehead atoms. The number of nitrogens with zero attached hydrogens (tertiary/aromatic N) is 3. The number of halogens is 6. The number of aromatic nitrogens is 3. The van der Waals surface area contributed by atoms with Crippen molar-refractivity contribution in [3.63, 3.8) is 0 Å². The van der Waals surface area contributed by atoms with Crippen LogP contribution in [0.3, 0.4) is 0 Å². The number of hydrogen-bond donors (Lipinski definition) is 0. The molecule has 0 fully saturated rings. The number of aryl methyl sites for hydroxylation is 1. The molecule has 3 nitrogen and oxygen atoms in total. The van der Waals surface area contributed by atoms with Crippen LogP contribution in [0.5, 0.6) is 0 Å². The Morgan fingerprint density at radius 3 is 1.45 bits per heavy atom. The largest absolute Gasteiger partial charge is 0.250 e. The molecular weight excluding hydrogens is 495 g/mol. The zero-order valence-electron chi connectivity index (χ0n) is 14.9. The van der Waals surface area contributed by atoms with Gasteiger partial charge in [-0.3, -0.25) is 0 Å². The van der Waals surface area contributed by atoms with Crippen LogP contribution in [-0.4, -0.2) is 15.0 Å². The molecule has 0 spiro atoms. The molecule has 0 saturated carbocycles. The second kappa shape index (κ2) is 8.97. The van der Waals surface area contributed by atoms with Gasteiger partial charge in [-0.15, -0.1) is 0 Å². The van der Waals surface area contributed by atoms with Crippen molar-refractivity contribution in [3.8, 4) is 11.4 Å². The molecule has 0 aliphatic carbocycles. The number of alkyl halides is 6. The highest BCUT2D eigenvalue weighted by atomic mass is 35.6. The fourth-order valence-corrected chi connectivity index (χ4v) is 2.88. The molecule has 3 aromatic rings. The first-order valence-electron chi connectivity index (χ1n) is 8.28. The Kier molecular flexibility index (Phi) is 6.99. The van der Waals surface area contributed by atoms with Gasteiger partial charge in [-0.25, -0.2) is 15.0 Å². The van der Waals surface area contributed by atoms with Crippen molar-refractivity contribution < 1.29 is 0 Å². The predicted molar refractivity (Wildman–Crippen MR) is 124 cm³/mol. The highest BCUT2D eigenvalue weighted by Crippen LogP contribution is 2.40. The average molecular weight is 508 g/mol. The molecule has 0 unspecified atom stereocenters. The number of hydrogen-bond acceptors (Lipinski definition) is 3. The van der Waals surface area contributed by atoms with E-state index < -0.39 is 7.59 Å². The van der Waals surface area contributed by atoms with Gasteiger partial charge in [0.1, 0.15) is 0 Å². The average Bonchev–Trinajstić information content (AvgIpc) is 2.66. The molecule has 3 rings (SSSR count). The molecule has 0 N–H and O–H groups in total. The summed E-state index contributed by atoms with van der Waals surface area (Å²) in [6.07, 6.45) is 4.03. The Morgan fingerprint density at radius 1 is 0.621 bits per heavy atom. The molecule has 0 aliphatic rings. The Labute approximate surface area is 198 Å². The van der Waals surface area contributed by atoms with Crippen molar-refractivity contribution in [2.45, 2.75) is 14.5 Å². The Bertz CT molecular complexity index is 988. The molecular formula is C20H13Cl6N3. The fourth-order valence-electron chi connectivity index (χ4n) is 2.37. The first-order valence-corrected chi connectivity index (χ1v) is 10.5. The normalized spacial score (nSPS) is 12.5. The quantitative estimate of drug-likeness (QED) is 0.269. The van der Waals surface area contributed by atoms with Crippen LogP contribution in [0.1, 0.15) is 28.3 Å². The summed E-state index contributed by atoms with van der Waals surface area (Å²) in [7, 11) is 0. The molecule has 150 valence electrons. The molecule has 1 aromatic heterocycles. The molecule has 0 saturated heterocycles. The Balaban J connectivity index is 1.91. The second-order valence-corrected chi connectivity index (χ2v) is 10.7. The van der Waals surface area contributed by atoms with E-state index in [1.54, 1.807) is 0 Å². The fraction of sp³-hybridized carbons (Fsp3) is 0.150. The first kappa shape index (κ1) is 22.6. The van der Waals surface area contributed by atoms with Gasteiger partial charge in [0.25, 0.3) is 0 Å². The van der Waals surface area contributed by atoms with E-state index >= 15 is 0 Å². The lowest BCUT2D eigenvalue weighted by Crippen LogP contribution is -2.16. The van der Waals surface area contributed by atoms with Crippen LogP contribution in [0.15, 0.2) is 48.5 Å². The lowest BCUT2D eigenvalue weighted by molar-refractivity contribution is 0.851. The van der Waals surface area contributed by atoms with Crippen molar-refractivity contribution in [2.24, 2.45) is 0 Å². The van der Waals surface area contributed by atoms with Crippen molar-refractivity contribution in [1.29, 1.82) is 0 Å². The molecule has 9 heteroatoms. The lowest BCUT2D eigenvalue weighted by atomic mass is 10.1. The summed E-state index contributed by atoms with van der Waals surface area (Å²) in [6, 6.07) is 15.7. The van der Waals surface area contributed by atoms with Gasteiger partial charge < -0.3 is 0 Å².